The van der Waals surface area contributed by atoms with Gasteiger partial charge in [0.2, 0.25) is 5.91 Å². The number of likely N-dealkylation sites (tertiary alicyclic amines) is 1. The minimum absolute atomic E-state index is 0.00677. The first-order chi connectivity index (χ1) is 14.2. The second kappa shape index (κ2) is 7.56. The van der Waals surface area contributed by atoms with Gasteiger partial charge in [-0.2, -0.15) is 0 Å². The van der Waals surface area contributed by atoms with Crippen LogP contribution in [0.2, 0.25) is 0 Å². The van der Waals surface area contributed by atoms with Crippen molar-refractivity contribution in [1.29, 1.82) is 0 Å². The maximum absolute atomic E-state index is 13.4. The number of fused-ring (bicyclic) bond motifs is 1. The fraction of sp³-hybridized carbons (Fsp3) is 0.375. The van der Waals surface area contributed by atoms with Gasteiger partial charge in [0.1, 0.15) is 0 Å². The molecule has 2 heterocycles. The molecule has 148 valence electrons. The number of benzene rings is 2. The van der Waals surface area contributed by atoms with Crippen LogP contribution >= 0.6 is 0 Å². The number of aromatic nitrogens is 2. The lowest BCUT2D eigenvalue weighted by Crippen LogP contribution is -2.42. The van der Waals surface area contributed by atoms with Gasteiger partial charge in [-0.05, 0) is 56.5 Å². The van der Waals surface area contributed by atoms with E-state index in [0.29, 0.717) is 0 Å². The topological polar surface area (TPSA) is 58.1 Å². The summed E-state index contributed by atoms with van der Waals surface area (Å²) < 4.78 is 0. The van der Waals surface area contributed by atoms with E-state index < -0.39 is 5.41 Å². The van der Waals surface area contributed by atoms with Gasteiger partial charge in [-0.25, -0.2) is 4.98 Å². The fourth-order valence-electron chi connectivity index (χ4n) is 4.35. The molecule has 2 fully saturated rings. The van der Waals surface area contributed by atoms with Crippen LogP contribution in [0.5, 0.6) is 0 Å². The lowest BCUT2D eigenvalue weighted by Gasteiger charge is -2.27. The monoisotopic (exact) mass is 386 g/mol. The van der Waals surface area contributed by atoms with Gasteiger partial charge in [0, 0.05) is 6.54 Å². The lowest BCUT2D eigenvalue weighted by atomic mass is 9.99. The van der Waals surface area contributed by atoms with Gasteiger partial charge >= 0.3 is 0 Å². The third-order valence-electron chi connectivity index (χ3n) is 6.27. The molecular formula is C24H26N4O. The molecule has 1 aliphatic carbocycles. The average Bonchev–Trinajstić information content (AvgIpc) is 3.43. The van der Waals surface area contributed by atoms with Crippen LogP contribution < -0.4 is 5.32 Å². The van der Waals surface area contributed by atoms with Crippen molar-refractivity contribution in [3.8, 4) is 0 Å². The van der Waals surface area contributed by atoms with Crippen LogP contribution in [0.4, 0.5) is 0 Å². The predicted molar refractivity (Wildman–Crippen MR) is 113 cm³/mol. The molecule has 29 heavy (non-hydrogen) atoms. The van der Waals surface area contributed by atoms with Gasteiger partial charge in [0.05, 0.1) is 34.4 Å². The number of amides is 1. The van der Waals surface area contributed by atoms with E-state index in [-0.39, 0.29) is 11.9 Å². The van der Waals surface area contributed by atoms with Crippen LogP contribution in [0.3, 0.4) is 0 Å². The molecule has 1 aliphatic heterocycles. The Hall–Kier alpha value is -2.79. The molecule has 1 atom stereocenters. The second-order valence-electron chi connectivity index (χ2n) is 8.27. The zero-order valence-corrected chi connectivity index (χ0v) is 16.6. The van der Waals surface area contributed by atoms with Gasteiger partial charge in [0.25, 0.3) is 0 Å². The van der Waals surface area contributed by atoms with E-state index in [1.807, 2.05) is 42.5 Å². The number of nitrogens with one attached hydrogen (secondary N) is 1. The summed E-state index contributed by atoms with van der Waals surface area (Å²) in [5.74, 6) is 0.0788. The van der Waals surface area contributed by atoms with Crippen molar-refractivity contribution in [3.05, 3.63) is 72.1 Å². The molecule has 1 amide bonds. The molecule has 0 spiro atoms. The molecule has 0 radical (unpaired) electrons. The van der Waals surface area contributed by atoms with Crippen LogP contribution in [0.1, 0.15) is 43.0 Å². The molecule has 5 heteroatoms. The minimum atomic E-state index is -0.533. The van der Waals surface area contributed by atoms with Crippen LogP contribution in [0, 0.1) is 0 Å². The number of carbonyl (C=O) groups is 1. The Labute approximate surface area is 171 Å². The first kappa shape index (κ1) is 18.3. The number of para-hydroxylation sites is 2. The summed E-state index contributed by atoms with van der Waals surface area (Å²) >= 11 is 0. The number of rotatable bonds is 6. The Morgan fingerprint density at radius 2 is 1.69 bits per heavy atom. The third kappa shape index (κ3) is 3.62. The van der Waals surface area contributed by atoms with Crippen molar-refractivity contribution >= 4 is 16.9 Å². The largest absolute Gasteiger partial charge is 0.347 e. The van der Waals surface area contributed by atoms with Crippen molar-refractivity contribution in [2.75, 3.05) is 19.6 Å². The summed E-state index contributed by atoms with van der Waals surface area (Å²) in [6.45, 7) is 3.08. The first-order valence-corrected chi connectivity index (χ1v) is 10.6. The quantitative estimate of drug-likeness (QED) is 0.703. The molecule has 1 aromatic heterocycles. The van der Waals surface area contributed by atoms with Crippen molar-refractivity contribution in [2.45, 2.75) is 37.1 Å². The average molecular weight is 386 g/mol. The van der Waals surface area contributed by atoms with E-state index in [1.54, 1.807) is 6.20 Å². The Morgan fingerprint density at radius 3 is 2.41 bits per heavy atom. The Bertz CT molecular complexity index is 1010. The first-order valence-electron chi connectivity index (χ1n) is 10.6. The van der Waals surface area contributed by atoms with Gasteiger partial charge in [0.15, 0.2) is 0 Å². The highest BCUT2D eigenvalue weighted by atomic mass is 16.2. The Balaban J connectivity index is 1.39. The number of hydrogen-bond donors (Lipinski definition) is 1. The van der Waals surface area contributed by atoms with Crippen molar-refractivity contribution in [2.24, 2.45) is 0 Å². The fourth-order valence-corrected chi connectivity index (χ4v) is 4.35. The maximum atomic E-state index is 13.4. The Morgan fingerprint density at radius 1 is 1.00 bits per heavy atom. The summed E-state index contributed by atoms with van der Waals surface area (Å²) in [5.41, 5.74) is 3.13. The van der Waals surface area contributed by atoms with Gasteiger partial charge in [-0.3, -0.25) is 9.78 Å². The van der Waals surface area contributed by atoms with Crippen LogP contribution in [-0.2, 0) is 10.2 Å². The van der Waals surface area contributed by atoms with E-state index in [1.165, 1.54) is 12.8 Å². The lowest BCUT2D eigenvalue weighted by molar-refractivity contribution is -0.124. The van der Waals surface area contributed by atoms with Crippen molar-refractivity contribution in [1.82, 2.24) is 20.2 Å². The van der Waals surface area contributed by atoms with Gasteiger partial charge < -0.3 is 10.2 Å². The maximum Gasteiger partial charge on any atom is 0.232 e. The molecular weight excluding hydrogens is 360 g/mol. The summed E-state index contributed by atoms with van der Waals surface area (Å²) in [6.07, 6.45) is 5.93. The molecule has 5 nitrogen and oxygen atoms in total. The molecule has 0 unspecified atom stereocenters. The number of carbonyl (C=O) groups excluding carboxylic acids is 1. The highest BCUT2D eigenvalue weighted by Gasteiger charge is 2.53. The molecule has 5 rings (SSSR count). The van der Waals surface area contributed by atoms with E-state index >= 15 is 0 Å². The summed E-state index contributed by atoms with van der Waals surface area (Å²) in [4.78, 5) is 25.2. The van der Waals surface area contributed by atoms with E-state index in [4.69, 9.17) is 4.98 Å². The van der Waals surface area contributed by atoms with Crippen LogP contribution in [-0.4, -0.2) is 40.4 Å². The normalized spacial score (nSPS) is 19.2. The third-order valence-corrected chi connectivity index (χ3v) is 6.27. The molecule has 2 aromatic carbocycles. The number of hydrogen-bond acceptors (Lipinski definition) is 4. The van der Waals surface area contributed by atoms with E-state index in [9.17, 15) is 4.79 Å². The molecule has 2 aliphatic rings. The standard InChI is InChI=1S/C24H26N4O/c29-23(24(12-13-24)22-16-25-19-10-4-5-11-20(19)26-22)27-21(17-28-14-6-7-15-28)18-8-2-1-3-9-18/h1-5,8-11,16,21H,6-7,12-15,17H2,(H,27,29)/t21-/m1/s1. The predicted octanol–water partition coefficient (Wildman–Crippen LogP) is 3.61. The van der Waals surface area contributed by atoms with Crippen molar-refractivity contribution < 1.29 is 4.79 Å². The molecule has 1 N–H and O–H groups in total. The smallest absolute Gasteiger partial charge is 0.232 e. The van der Waals surface area contributed by atoms with Crippen LogP contribution in [0.15, 0.2) is 60.8 Å². The van der Waals surface area contributed by atoms with Gasteiger partial charge in [-0.15, -0.1) is 0 Å². The molecule has 0 bridgehead atoms. The number of nitrogens with zero attached hydrogens (tertiary/aromatic N) is 3. The SMILES string of the molecule is O=C(N[C@H](CN1CCCC1)c1ccccc1)C1(c2cnc3ccccc3n2)CC1. The highest BCUT2D eigenvalue weighted by Crippen LogP contribution is 2.48. The van der Waals surface area contributed by atoms with E-state index in [0.717, 1.165) is 54.8 Å². The highest BCUT2D eigenvalue weighted by molar-refractivity contribution is 5.91. The van der Waals surface area contributed by atoms with E-state index in [2.05, 4.69) is 27.3 Å². The Kier molecular flexibility index (Phi) is 4.76. The van der Waals surface area contributed by atoms with Crippen molar-refractivity contribution in [3.63, 3.8) is 0 Å². The summed E-state index contributed by atoms with van der Waals surface area (Å²) in [5, 5.41) is 3.36. The second-order valence-corrected chi connectivity index (χ2v) is 8.27. The zero-order chi connectivity index (χ0) is 19.7. The van der Waals surface area contributed by atoms with Crippen LogP contribution in [0.25, 0.3) is 11.0 Å². The molecule has 1 saturated heterocycles. The summed E-state index contributed by atoms with van der Waals surface area (Å²) in [6, 6.07) is 18.1. The zero-order valence-electron chi connectivity index (χ0n) is 16.6. The minimum Gasteiger partial charge on any atom is -0.347 e. The molecule has 1 saturated carbocycles. The summed E-state index contributed by atoms with van der Waals surface area (Å²) in [7, 11) is 0. The molecule has 3 aromatic rings. The van der Waals surface area contributed by atoms with Gasteiger partial charge in [-0.1, -0.05) is 42.5 Å².